The predicted octanol–water partition coefficient (Wildman–Crippen LogP) is 5.75. The molecular weight excluding hydrogens is 522 g/mol. The van der Waals surface area contributed by atoms with Gasteiger partial charge >= 0.3 is 18.4 Å². The van der Waals surface area contributed by atoms with Crippen LogP contribution in [0.1, 0.15) is 39.4 Å². The van der Waals surface area contributed by atoms with Crippen LogP contribution in [0.2, 0.25) is 0 Å². The van der Waals surface area contributed by atoms with Crippen LogP contribution in [0.4, 0.5) is 31.1 Å². The molecule has 12 heteroatoms. The second-order valence-corrected chi connectivity index (χ2v) is 8.47. The summed E-state index contributed by atoms with van der Waals surface area (Å²) in [4.78, 5) is 25.3. The number of carboxylic acid groups (broad SMARTS) is 1. The third-order valence-corrected chi connectivity index (χ3v) is 5.88. The lowest BCUT2D eigenvalue weighted by Gasteiger charge is -2.38. The summed E-state index contributed by atoms with van der Waals surface area (Å²) in [7, 11) is 0. The van der Waals surface area contributed by atoms with Gasteiger partial charge in [0.05, 0.1) is 11.1 Å². The number of carbonyl (C=O) groups is 2. The van der Waals surface area contributed by atoms with Crippen molar-refractivity contribution in [3.63, 3.8) is 0 Å². The van der Waals surface area contributed by atoms with Crippen LogP contribution < -0.4 is 5.32 Å². The lowest BCUT2D eigenvalue weighted by Crippen LogP contribution is -2.51. The molecule has 0 unspecified atom stereocenters. The van der Waals surface area contributed by atoms with E-state index in [2.05, 4.69) is 21.2 Å². The van der Waals surface area contributed by atoms with E-state index in [1.54, 1.807) is 24.3 Å². The van der Waals surface area contributed by atoms with E-state index in [1.165, 1.54) is 0 Å². The van der Waals surface area contributed by atoms with Crippen LogP contribution in [-0.4, -0.2) is 41.1 Å². The Kier molecular flexibility index (Phi) is 6.96. The molecule has 1 fully saturated rings. The molecule has 1 aliphatic heterocycles. The third-order valence-electron chi connectivity index (χ3n) is 5.35. The molecule has 0 aromatic heterocycles. The third kappa shape index (κ3) is 5.98. The minimum atomic E-state index is -5.08. The topological polar surface area (TPSA) is 69.6 Å². The van der Waals surface area contributed by atoms with Gasteiger partial charge in [-0.3, -0.25) is 4.79 Å². The summed E-state index contributed by atoms with van der Waals surface area (Å²) in [6.07, 6.45) is -11.2. The second-order valence-electron chi connectivity index (χ2n) is 7.55. The normalized spacial score (nSPS) is 19.3. The van der Waals surface area contributed by atoms with Gasteiger partial charge < -0.3 is 15.3 Å². The van der Waals surface area contributed by atoms with Crippen molar-refractivity contribution in [2.45, 2.75) is 30.7 Å². The quantitative estimate of drug-likeness (QED) is 0.488. The van der Waals surface area contributed by atoms with Crippen molar-refractivity contribution in [3.05, 3.63) is 69.2 Å². The Labute approximate surface area is 192 Å². The van der Waals surface area contributed by atoms with Gasteiger partial charge in [-0.2, -0.15) is 26.3 Å². The van der Waals surface area contributed by atoms with Crippen molar-refractivity contribution in [1.82, 2.24) is 10.2 Å². The highest BCUT2D eigenvalue weighted by atomic mass is 79.9. The number of hydrogen-bond acceptors (Lipinski definition) is 2. The first kappa shape index (κ1) is 24.9. The molecule has 178 valence electrons. The van der Waals surface area contributed by atoms with Crippen molar-refractivity contribution in [2.24, 2.45) is 0 Å². The molecule has 33 heavy (non-hydrogen) atoms. The number of rotatable bonds is 3. The fourth-order valence-corrected chi connectivity index (χ4v) is 3.95. The van der Waals surface area contributed by atoms with Crippen molar-refractivity contribution in [1.29, 1.82) is 0 Å². The largest absolute Gasteiger partial charge is 0.465 e. The summed E-state index contributed by atoms with van der Waals surface area (Å²) in [5, 5.41) is 11.8. The molecule has 0 spiro atoms. The lowest BCUT2D eigenvalue weighted by atomic mass is 9.86. The average molecular weight is 539 g/mol. The van der Waals surface area contributed by atoms with Crippen LogP contribution in [-0.2, 0) is 12.4 Å². The highest BCUT2D eigenvalue weighted by Crippen LogP contribution is 2.36. The molecule has 5 nitrogen and oxygen atoms in total. The second kappa shape index (κ2) is 9.24. The van der Waals surface area contributed by atoms with Crippen molar-refractivity contribution >= 4 is 27.9 Å². The lowest BCUT2D eigenvalue weighted by molar-refractivity contribution is -0.143. The summed E-state index contributed by atoms with van der Waals surface area (Å²) in [5.41, 5.74) is -3.30. The number of nitrogens with zero attached hydrogens (tertiary/aromatic N) is 1. The number of likely N-dealkylation sites (tertiary alicyclic amines) is 1. The van der Waals surface area contributed by atoms with Crippen LogP contribution in [0.3, 0.4) is 0 Å². The Morgan fingerprint density at radius 1 is 0.970 bits per heavy atom. The number of piperidine rings is 1. The van der Waals surface area contributed by atoms with Crippen LogP contribution in [0.15, 0.2) is 46.9 Å². The van der Waals surface area contributed by atoms with E-state index in [4.69, 9.17) is 0 Å². The van der Waals surface area contributed by atoms with Gasteiger partial charge in [0, 0.05) is 35.1 Å². The standard InChI is InChI=1S/C21H17BrF6N2O3/c22-15-3-1-11(2-4-15)16-10-30(19(32)33)6-5-17(16)29-18(31)12-7-13(20(23,24)25)9-14(8-12)21(26,27)28/h1-4,7-9,16-17H,5-6,10H2,(H,29,31)(H,32,33)/t16-,17+/m0/s1. The van der Waals surface area contributed by atoms with Gasteiger partial charge in [-0.05, 0) is 42.3 Å². The number of amides is 2. The van der Waals surface area contributed by atoms with Crippen LogP contribution in [0, 0.1) is 0 Å². The van der Waals surface area contributed by atoms with Gasteiger partial charge in [0.25, 0.3) is 5.91 Å². The maximum Gasteiger partial charge on any atom is 0.416 e. The Hall–Kier alpha value is -2.76. The molecule has 0 aliphatic carbocycles. The summed E-state index contributed by atoms with van der Waals surface area (Å²) < 4.78 is 79.5. The number of alkyl halides is 6. The highest BCUT2D eigenvalue weighted by Gasteiger charge is 2.38. The van der Waals surface area contributed by atoms with Gasteiger partial charge in [0.15, 0.2) is 0 Å². The minimum absolute atomic E-state index is 0.00168. The number of benzene rings is 2. The van der Waals surface area contributed by atoms with Crippen molar-refractivity contribution in [3.8, 4) is 0 Å². The molecule has 1 saturated heterocycles. The van der Waals surface area contributed by atoms with Crippen LogP contribution >= 0.6 is 15.9 Å². The van der Waals surface area contributed by atoms with E-state index in [9.17, 15) is 41.0 Å². The zero-order valence-electron chi connectivity index (χ0n) is 16.7. The Bertz CT molecular complexity index is 1010. The molecule has 1 heterocycles. The molecule has 2 amide bonds. The molecule has 2 N–H and O–H groups in total. The summed E-state index contributed by atoms with van der Waals surface area (Å²) in [6, 6.07) is 6.78. The van der Waals surface area contributed by atoms with Crippen LogP contribution in [0.5, 0.6) is 0 Å². The Morgan fingerprint density at radius 3 is 2.00 bits per heavy atom. The Balaban J connectivity index is 1.92. The molecule has 0 radical (unpaired) electrons. The molecule has 1 aliphatic rings. The van der Waals surface area contributed by atoms with Gasteiger partial charge in [0.1, 0.15) is 0 Å². The monoisotopic (exact) mass is 538 g/mol. The summed E-state index contributed by atoms with van der Waals surface area (Å²) in [6.45, 7) is 0.0437. The summed E-state index contributed by atoms with van der Waals surface area (Å²) in [5.74, 6) is -1.66. The first-order chi connectivity index (χ1) is 15.3. The van der Waals surface area contributed by atoms with Gasteiger partial charge in [-0.1, -0.05) is 28.1 Å². The molecule has 2 aromatic carbocycles. The molecule has 2 atom stereocenters. The van der Waals surface area contributed by atoms with Crippen molar-refractivity contribution in [2.75, 3.05) is 13.1 Å². The van der Waals surface area contributed by atoms with Crippen molar-refractivity contribution < 1.29 is 41.0 Å². The van der Waals surface area contributed by atoms with Crippen LogP contribution in [0.25, 0.3) is 0 Å². The average Bonchev–Trinajstić information content (AvgIpc) is 2.73. The Morgan fingerprint density at radius 2 is 1.52 bits per heavy atom. The van der Waals surface area contributed by atoms with E-state index in [0.717, 1.165) is 9.37 Å². The number of nitrogens with one attached hydrogen (secondary N) is 1. The maximum atomic E-state index is 13.1. The SMILES string of the molecule is O=C(N[C@@H]1CCN(C(=O)O)C[C@H]1c1ccc(Br)cc1)c1cc(C(F)(F)F)cc(C(F)(F)F)c1. The number of carbonyl (C=O) groups excluding carboxylic acids is 1. The number of halogens is 7. The highest BCUT2D eigenvalue weighted by molar-refractivity contribution is 9.10. The zero-order valence-corrected chi connectivity index (χ0v) is 18.3. The van der Waals surface area contributed by atoms with E-state index < -0.39 is 53.0 Å². The van der Waals surface area contributed by atoms with E-state index in [1.807, 2.05) is 0 Å². The maximum absolute atomic E-state index is 13.1. The smallest absolute Gasteiger partial charge is 0.416 e. The zero-order chi connectivity index (χ0) is 24.6. The molecule has 0 saturated carbocycles. The first-order valence-corrected chi connectivity index (χ1v) is 10.4. The van der Waals surface area contributed by atoms with Gasteiger partial charge in [-0.15, -0.1) is 0 Å². The van der Waals surface area contributed by atoms with E-state index in [0.29, 0.717) is 17.7 Å². The predicted molar refractivity (Wildman–Crippen MR) is 109 cm³/mol. The minimum Gasteiger partial charge on any atom is -0.465 e. The van der Waals surface area contributed by atoms with Gasteiger partial charge in [-0.25, -0.2) is 4.79 Å². The number of hydrogen-bond donors (Lipinski definition) is 2. The first-order valence-electron chi connectivity index (χ1n) is 9.59. The molecule has 2 aromatic rings. The van der Waals surface area contributed by atoms with Gasteiger partial charge in [0.2, 0.25) is 0 Å². The molecule has 3 rings (SSSR count). The molecule has 0 bridgehead atoms. The fourth-order valence-electron chi connectivity index (χ4n) is 3.68. The summed E-state index contributed by atoms with van der Waals surface area (Å²) >= 11 is 3.28. The van der Waals surface area contributed by atoms with E-state index in [-0.39, 0.29) is 25.6 Å². The molecular formula is C21H17BrF6N2O3. The van der Waals surface area contributed by atoms with E-state index >= 15 is 0 Å². The fraction of sp³-hybridized carbons (Fsp3) is 0.333.